The average Bonchev–Trinajstić information content (AvgIpc) is 3.35. The van der Waals surface area contributed by atoms with Gasteiger partial charge < -0.3 is 19.3 Å². The van der Waals surface area contributed by atoms with E-state index in [-0.39, 0.29) is 17.7 Å². The lowest BCUT2D eigenvalue weighted by Gasteiger charge is -2.24. The Bertz CT molecular complexity index is 700. The van der Waals surface area contributed by atoms with E-state index in [2.05, 4.69) is 0 Å². The van der Waals surface area contributed by atoms with Crippen LogP contribution in [0, 0.1) is 11.8 Å². The topological polar surface area (TPSA) is 59.1 Å². The molecule has 6 heteroatoms. The SMILES string of the molecule is COc1ccc(CCN2CC(C(=O)N(C)CC3CCCC3)CC2=O)cc1OC. The van der Waals surface area contributed by atoms with E-state index >= 15 is 0 Å². The van der Waals surface area contributed by atoms with Crippen molar-refractivity contribution in [2.24, 2.45) is 11.8 Å². The summed E-state index contributed by atoms with van der Waals surface area (Å²) >= 11 is 0. The Morgan fingerprint density at radius 3 is 2.57 bits per heavy atom. The van der Waals surface area contributed by atoms with Crippen molar-refractivity contribution in [3.63, 3.8) is 0 Å². The minimum absolute atomic E-state index is 0.0769. The van der Waals surface area contributed by atoms with Gasteiger partial charge in [-0.1, -0.05) is 18.9 Å². The van der Waals surface area contributed by atoms with Gasteiger partial charge in [-0.05, 0) is 42.9 Å². The molecule has 3 rings (SSSR count). The van der Waals surface area contributed by atoms with Gasteiger partial charge in [0.05, 0.1) is 20.1 Å². The summed E-state index contributed by atoms with van der Waals surface area (Å²) in [5.41, 5.74) is 1.08. The summed E-state index contributed by atoms with van der Waals surface area (Å²) in [5.74, 6) is 2.01. The van der Waals surface area contributed by atoms with E-state index in [1.165, 1.54) is 25.7 Å². The minimum Gasteiger partial charge on any atom is -0.493 e. The number of amides is 2. The predicted octanol–water partition coefficient (Wildman–Crippen LogP) is 2.74. The highest BCUT2D eigenvalue weighted by Gasteiger charge is 2.36. The first-order valence-electron chi connectivity index (χ1n) is 10.3. The normalized spacial score (nSPS) is 19.9. The number of ether oxygens (including phenoxy) is 2. The fourth-order valence-electron chi connectivity index (χ4n) is 4.44. The zero-order valence-corrected chi connectivity index (χ0v) is 17.3. The lowest BCUT2D eigenvalue weighted by atomic mass is 10.0. The first-order valence-corrected chi connectivity index (χ1v) is 10.3. The van der Waals surface area contributed by atoms with Crippen molar-refractivity contribution in [2.45, 2.75) is 38.5 Å². The third kappa shape index (κ3) is 4.78. The molecule has 2 fully saturated rings. The molecule has 1 aromatic carbocycles. The molecule has 2 amide bonds. The molecule has 0 N–H and O–H groups in total. The first-order chi connectivity index (χ1) is 13.5. The van der Waals surface area contributed by atoms with Crippen molar-refractivity contribution < 1.29 is 19.1 Å². The van der Waals surface area contributed by atoms with E-state index in [9.17, 15) is 9.59 Å². The van der Waals surface area contributed by atoms with Gasteiger partial charge in [-0.2, -0.15) is 0 Å². The Labute approximate surface area is 167 Å². The number of benzene rings is 1. The van der Waals surface area contributed by atoms with Crippen LogP contribution in [0.5, 0.6) is 11.5 Å². The van der Waals surface area contributed by atoms with Crippen LogP contribution >= 0.6 is 0 Å². The Kier molecular flexibility index (Phi) is 6.81. The Hall–Kier alpha value is -2.24. The molecule has 28 heavy (non-hydrogen) atoms. The van der Waals surface area contributed by atoms with Gasteiger partial charge >= 0.3 is 0 Å². The monoisotopic (exact) mass is 388 g/mol. The summed E-state index contributed by atoms with van der Waals surface area (Å²) in [5, 5.41) is 0. The van der Waals surface area contributed by atoms with Gasteiger partial charge in [0.25, 0.3) is 0 Å². The predicted molar refractivity (Wildman–Crippen MR) is 108 cm³/mol. The Balaban J connectivity index is 1.52. The second-order valence-electron chi connectivity index (χ2n) is 8.05. The number of methoxy groups -OCH3 is 2. The molecular formula is C22H32N2O4. The number of carbonyl (C=O) groups is 2. The average molecular weight is 389 g/mol. The highest BCUT2D eigenvalue weighted by atomic mass is 16.5. The number of hydrogen-bond acceptors (Lipinski definition) is 4. The molecule has 1 heterocycles. The molecule has 1 saturated heterocycles. The van der Waals surface area contributed by atoms with Crippen molar-refractivity contribution >= 4 is 11.8 Å². The molecule has 1 aromatic rings. The summed E-state index contributed by atoms with van der Waals surface area (Å²) in [6.45, 7) is 1.97. The van der Waals surface area contributed by atoms with Crippen LogP contribution in [0.1, 0.15) is 37.7 Å². The van der Waals surface area contributed by atoms with Gasteiger partial charge in [-0.25, -0.2) is 0 Å². The molecule has 0 spiro atoms. The quantitative estimate of drug-likeness (QED) is 0.687. The Morgan fingerprint density at radius 2 is 1.89 bits per heavy atom. The van der Waals surface area contributed by atoms with Crippen LogP contribution in [0.25, 0.3) is 0 Å². The molecule has 1 aliphatic heterocycles. The van der Waals surface area contributed by atoms with E-state index < -0.39 is 0 Å². The fraction of sp³-hybridized carbons (Fsp3) is 0.636. The number of rotatable bonds is 8. The van der Waals surface area contributed by atoms with E-state index in [4.69, 9.17) is 9.47 Å². The highest BCUT2D eigenvalue weighted by molar-refractivity contribution is 5.89. The number of hydrogen-bond donors (Lipinski definition) is 0. The molecule has 2 aliphatic rings. The van der Waals surface area contributed by atoms with Crippen molar-refractivity contribution in [3.05, 3.63) is 23.8 Å². The zero-order valence-electron chi connectivity index (χ0n) is 17.3. The molecule has 0 aromatic heterocycles. The van der Waals surface area contributed by atoms with E-state index in [1.54, 1.807) is 14.2 Å². The van der Waals surface area contributed by atoms with Crippen LogP contribution in [-0.2, 0) is 16.0 Å². The van der Waals surface area contributed by atoms with E-state index in [0.29, 0.717) is 36.9 Å². The van der Waals surface area contributed by atoms with Crippen LogP contribution in [0.15, 0.2) is 18.2 Å². The standard InChI is InChI=1S/C22H32N2O4/c1-23(14-17-6-4-5-7-17)22(26)18-13-21(25)24(15-18)11-10-16-8-9-19(27-2)20(12-16)28-3/h8-9,12,17-18H,4-7,10-11,13-15H2,1-3H3. The van der Waals surface area contributed by atoms with Gasteiger partial charge in [0.2, 0.25) is 11.8 Å². The maximum absolute atomic E-state index is 12.8. The van der Waals surface area contributed by atoms with Crippen LogP contribution in [0.2, 0.25) is 0 Å². The number of nitrogens with zero attached hydrogens (tertiary/aromatic N) is 2. The summed E-state index contributed by atoms with van der Waals surface area (Å²) < 4.78 is 10.6. The third-order valence-corrected chi connectivity index (χ3v) is 6.07. The van der Waals surface area contributed by atoms with Crippen LogP contribution in [0.3, 0.4) is 0 Å². The largest absolute Gasteiger partial charge is 0.493 e. The van der Waals surface area contributed by atoms with E-state index in [1.807, 2.05) is 35.0 Å². The smallest absolute Gasteiger partial charge is 0.227 e. The lowest BCUT2D eigenvalue weighted by Crippen LogP contribution is -2.37. The molecule has 154 valence electrons. The second kappa shape index (κ2) is 9.30. The molecule has 0 radical (unpaired) electrons. The van der Waals surface area contributed by atoms with Crippen LogP contribution in [0.4, 0.5) is 0 Å². The Morgan fingerprint density at radius 1 is 1.18 bits per heavy atom. The van der Waals surface area contributed by atoms with Gasteiger partial charge in [-0.3, -0.25) is 9.59 Å². The first kappa shape index (κ1) is 20.5. The second-order valence-corrected chi connectivity index (χ2v) is 8.05. The fourth-order valence-corrected chi connectivity index (χ4v) is 4.44. The number of likely N-dealkylation sites (tertiary alicyclic amines) is 1. The van der Waals surface area contributed by atoms with Crippen molar-refractivity contribution in [3.8, 4) is 11.5 Å². The summed E-state index contributed by atoms with van der Waals surface area (Å²) in [6, 6.07) is 5.81. The molecular weight excluding hydrogens is 356 g/mol. The van der Waals surface area contributed by atoms with Crippen LogP contribution < -0.4 is 9.47 Å². The number of carbonyl (C=O) groups excluding carboxylic acids is 2. The maximum atomic E-state index is 12.8. The summed E-state index contributed by atoms with van der Waals surface area (Å²) in [7, 11) is 5.11. The lowest BCUT2D eigenvalue weighted by molar-refractivity contribution is -0.135. The minimum atomic E-state index is -0.204. The summed E-state index contributed by atoms with van der Waals surface area (Å²) in [6.07, 6.45) is 6.05. The molecule has 6 nitrogen and oxygen atoms in total. The molecule has 1 atom stereocenters. The highest BCUT2D eigenvalue weighted by Crippen LogP contribution is 2.29. The van der Waals surface area contributed by atoms with Gasteiger partial charge in [-0.15, -0.1) is 0 Å². The van der Waals surface area contributed by atoms with Gasteiger partial charge in [0, 0.05) is 33.1 Å². The van der Waals surface area contributed by atoms with Gasteiger partial charge in [0.1, 0.15) is 0 Å². The molecule has 0 bridgehead atoms. The van der Waals surface area contributed by atoms with E-state index in [0.717, 1.165) is 18.5 Å². The van der Waals surface area contributed by atoms with Crippen LogP contribution in [-0.4, -0.2) is 62.5 Å². The zero-order chi connectivity index (χ0) is 20.1. The van der Waals surface area contributed by atoms with Crippen molar-refractivity contribution in [1.29, 1.82) is 0 Å². The van der Waals surface area contributed by atoms with Gasteiger partial charge in [0.15, 0.2) is 11.5 Å². The molecule has 1 unspecified atom stereocenters. The van der Waals surface area contributed by atoms with Crippen molar-refractivity contribution in [2.75, 3.05) is 40.9 Å². The summed E-state index contributed by atoms with van der Waals surface area (Å²) in [4.78, 5) is 28.9. The third-order valence-electron chi connectivity index (χ3n) is 6.07. The molecule has 1 aliphatic carbocycles. The van der Waals surface area contributed by atoms with Crippen molar-refractivity contribution in [1.82, 2.24) is 9.80 Å². The molecule has 1 saturated carbocycles. The maximum Gasteiger partial charge on any atom is 0.227 e.